The second-order valence-electron chi connectivity index (χ2n) is 5.28. The molecule has 1 amide bonds. The third-order valence-electron chi connectivity index (χ3n) is 3.09. The van der Waals surface area contributed by atoms with Gasteiger partial charge in [-0.25, -0.2) is 4.79 Å². The Morgan fingerprint density at radius 2 is 2.00 bits per heavy atom. The number of aliphatic hydroxyl groups is 1. The van der Waals surface area contributed by atoms with E-state index in [1.807, 2.05) is 13.0 Å². The van der Waals surface area contributed by atoms with Crippen LogP contribution in [0.4, 0.5) is 10.5 Å². The molecule has 0 aliphatic heterocycles. The molecule has 0 fully saturated rings. The van der Waals surface area contributed by atoms with Crippen molar-refractivity contribution in [2.45, 2.75) is 39.2 Å². The maximum atomic E-state index is 11.7. The molecule has 0 aromatic heterocycles. The SMILES string of the molecule is CCCCOC(=O)Nc1ccccc1OCC(O)CNCCC.Cl. The monoisotopic (exact) mass is 360 g/mol. The predicted molar refractivity (Wildman–Crippen MR) is 98.2 cm³/mol. The first kappa shape index (κ1) is 22.5. The summed E-state index contributed by atoms with van der Waals surface area (Å²) < 4.78 is 10.7. The van der Waals surface area contributed by atoms with Crippen molar-refractivity contribution in [3.05, 3.63) is 24.3 Å². The minimum Gasteiger partial charge on any atom is -0.489 e. The summed E-state index contributed by atoms with van der Waals surface area (Å²) >= 11 is 0. The van der Waals surface area contributed by atoms with E-state index in [1.165, 1.54) is 0 Å². The van der Waals surface area contributed by atoms with Gasteiger partial charge in [0.2, 0.25) is 0 Å². The molecule has 1 aromatic carbocycles. The van der Waals surface area contributed by atoms with Gasteiger partial charge in [0.1, 0.15) is 18.5 Å². The van der Waals surface area contributed by atoms with Crippen LogP contribution in [0.15, 0.2) is 24.3 Å². The van der Waals surface area contributed by atoms with Gasteiger partial charge in [0.15, 0.2) is 0 Å². The highest BCUT2D eigenvalue weighted by Crippen LogP contribution is 2.24. The number of hydrogen-bond donors (Lipinski definition) is 3. The maximum absolute atomic E-state index is 11.7. The minimum atomic E-state index is -0.605. The molecule has 0 radical (unpaired) electrons. The van der Waals surface area contributed by atoms with Gasteiger partial charge in [-0.05, 0) is 31.5 Å². The molecule has 138 valence electrons. The molecular weight excluding hydrogens is 332 g/mol. The Morgan fingerprint density at radius 1 is 1.25 bits per heavy atom. The lowest BCUT2D eigenvalue weighted by atomic mass is 10.3. The number of nitrogens with one attached hydrogen (secondary N) is 2. The van der Waals surface area contributed by atoms with Gasteiger partial charge in [0.25, 0.3) is 0 Å². The fourth-order valence-corrected chi connectivity index (χ4v) is 1.84. The Hall–Kier alpha value is -1.50. The Labute approximate surface area is 150 Å². The molecule has 1 rings (SSSR count). The minimum absolute atomic E-state index is 0. The van der Waals surface area contributed by atoms with E-state index in [4.69, 9.17) is 9.47 Å². The number of amides is 1. The summed E-state index contributed by atoms with van der Waals surface area (Å²) in [6.07, 6.45) is 1.71. The molecule has 0 aliphatic rings. The summed E-state index contributed by atoms with van der Waals surface area (Å²) in [7, 11) is 0. The molecule has 1 atom stereocenters. The van der Waals surface area contributed by atoms with Crippen LogP contribution in [0.5, 0.6) is 5.75 Å². The zero-order valence-electron chi connectivity index (χ0n) is 14.4. The number of unbranched alkanes of at least 4 members (excludes halogenated alkanes) is 1. The van der Waals surface area contributed by atoms with Crippen molar-refractivity contribution in [2.24, 2.45) is 0 Å². The van der Waals surface area contributed by atoms with E-state index in [9.17, 15) is 9.90 Å². The lowest BCUT2D eigenvalue weighted by molar-refractivity contribution is 0.107. The number of rotatable bonds is 11. The average Bonchev–Trinajstić information content (AvgIpc) is 2.54. The van der Waals surface area contributed by atoms with Gasteiger partial charge in [0, 0.05) is 6.54 Å². The summed E-state index contributed by atoms with van der Waals surface area (Å²) in [5, 5.41) is 15.6. The highest BCUT2D eigenvalue weighted by Gasteiger charge is 2.10. The van der Waals surface area contributed by atoms with Crippen LogP contribution in [0.2, 0.25) is 0 Å². The summed E-state index contributed by atoms with van der Waals surface area (Å²) in [6, 6.07) is 7.09. The Morgan fingerprint density at radius 3 is 2.71 bits per heavy atom. The van der Waals surface area contributed by atoms with Crippen LogP contribution in [0.25, 0.3) is 0 Å². The topological polar surface area (TPSA) is 79.8 Å². The highest BCUT2D eigenvalue weighted by molar-refractivity contribution is 5.86. The zero-order valence-corrected chi connectivity index (χ0v) is 15.2. The molecule has 0 saturated heterocycles. The molecule has 1 unspecified atom stereocenters. The van der Waals surface area contributed by atoms with Gasteiger partial charge >= 0.3 is 6.09 Å². The third-order valence-corrected chi connectivity index (χ3v) is 3.09. The lowest BCUT2D eigenvalue weighted by Crippen LogP contribution is -2.31. The number of halogens is 1. The van der Waals surface area contributed by atoms with E-state index in [0.29, 0.717) is 24.6 Å². The van der Waals surface area contributed by atoms with E-state index in [2.05, 4.69) is 17.6 Å². The van der Waals surface area contributed by atoms with Crippen molar-refractivity contribution in [1.29, 1.82) is 0 Å². The largest absolute Gasteiger partial charge is 0.489 e. The van der Waals surface area contributed by atoms with Crippen LogP contribution in [-0.2, 0) is 4.74 Å². The van der Waals surface area contributed by atoms with Crippen LogP contribution in [-0.4, -0.2) is 43.6 Å². The first-order valence-corrected chi connectivity index (χ1v) is 8.21. The van der Waals surface area contributed by atoms with E-state index >= 15 is 0 Å². The molecule has 0 aliphatic carbocycles. The Bertz CT molecular complexity index is 460. The highest BCUT2D eigenvalue weighted by atomic mass is 35.5. The van der Waals surface area contributed by atoms with Gasteiger partial charge in [-0.3, -0.25) is 5.32 Å². The Balaban J connectivity index is 0.00000529. The smallest absolute Gasteiger partial charge is 0.411 e. The first-order chi connectivity index (χ1) is 11.2. The first-order valence-electron chi connectivity index (χ1n) is 8.21. The molecule has 3 N–H and O–H groups in total. The molecule has 1 aromatic rings. The van der Waals surface area contributed by atoms with Crippen LogP contribution in [0.3, 0.4) is 0 Å². The number of carbonyl (C=O) groups excluding carboxylic acids is 1. The van der Waals surface area contributed by atoms with Crippen molar-refractivity contribution in [3.8, 4) is 5.75 Å². The molecule has 0 saturated carbocycles. The molecular formula is C17H29ClN2O4. The standard InChI is InChI=1S/C17H28N2O4.ClH/c1-3-5-11-22-17(21)19-15-8-6-7-9-16(15)23-13-14(20)12-18-10-4-2;/h6-9,14,18,20H,3-5,10-13H2,1-2H3,(H,19,21);1H. The Kier molecular flexibility index (Phi) is 13.0. The zero-order chi connectivity index (χ0) is 16.9. The van der Waals surface area contributed by atoms with Crippen molar-refractivity contribution < 1.29 is 19.4 Å². The molecule has 6 nitrogen and oxygen atoms in total. The maximum Gasteiger partial charge on any atom is 0.411 e. The van der Waals surface area contributed by atoms with Gasteiger partial charge in [-0.2, -0.15) is 0 Å². The summed E-state index contributed by atoms with van der Waals surface area (Å²) in [6.45, 7) is 5.98. The fraction of sp³-hybridized carbons (Fsp3) is 0.588. The normalized spacial score (nSPS) is 11.3. The summed E-state index contributed by atoms with van der Waals surface area (Å²) in [4.78, 5) is 11.7. The van der Waals surface area contributed by atoms with E-state index in [1.54, 1.807) is 18.2 Å². The number of ether oxygens (including phenoxy) is 2. The molecule has 7 heteroatoms. The fourth-order valence-electron chi connectivity index (χ4n) is 1.84. The van der Waals surface area contributed by atoms with Crippen molar-refractivity contribution in [2.75, 3.05) is 31.6 Å². The van der Waals surface area contributed by atoms with Crippen LogP contribution < -0.4 is 15.4 Å². The number of carbonyl (C=O) groups is 1. The molecule has 0 heterocycles. The number of para-hydroxylation sites is 2. The average molecular weight is 361 g/mol. The van der Waals surface area contributed by atoms with Crippen molar-refractivity contribution in [1.82, 2.24) is 5.32 Å². The second-order valence-corrected chi connectivity index (χ2v) is 5.28. The molecule has 24 heavy (non-hydrogen) atoms. The van der Waals surface area contributed by atoms with E-state index < -0.39 is 12.2 Å². The summed E-state index contributed by atoms with van der Waals surface area (Å²) in [5.74, 6) is 0.509. The van der Waals surface area contributed by atoms with E-state index in [0.717, 1.165) is 25.8 Å². The number of hydrogen-bond acceptors (Lipinski definition) is 5. The number of anilines is 1. The molecule has 0 bridgehead atoms. The van der Waals surface area contributed by atoms with Gasteiger partial charge in [-0.1, -0.05) is 32.4 Å². The summed E-state index contributed by atoms with van der Waals surface area (Å²) in [5.41, 5.74) is 0.530. The lowest BCUT2D eigenvalue weighted by Gasteiger charge is -2.15. The van der Waals surface area contributed by atoms with Crippen molar-refractivity contribution >= 4 is 24.2 Å². The van der Waals surface area contributed by atoms with Crippen molar-refractivity contribution in [3.63, 3.8) is 0 Å². The van der Waals surface area contributed by atoms with Gasteiger partial charge in [-0.15, -0.1) is 12.4 Å². The van der Waals surface area contributed by atoms with Gasteiger partial charge < -0.3 is 19.9 Å². The second kappa shape index (κ2) is 13.9. The number of aliphatic hydroxyl groups excluding tert-OH is 1. The van der Waals surface area contributed by atoms with Crippen LogP contribution >= 0.6 is 12.4 Å². The van der Waals surface area contributed by atoms with Crippen LogP contribution in [0.1, 0.15) is 33.1 Å². The van der Waals surface area contributed by atoms with Gasteiger partial charge in [0.05, 0.1) is 12.3 Å². The third kappa shape index (κ3) is 9.60. The quantitative estimate of drug-likeness (QED) is 0.528. The number of benzene rings is 1. The predicted octanol–water partition coefficient (Wildman–Crippen LogP) is 3.20. The molecule has 0 spiro atoms. The van der Waals surface area contributed by atoms with E-state index in [-0.39, 0.29) is 19.0 Å². The van der Waals surface area contributed by atoms with Crippen LogP contribution in [0, 0.1) is 0 Å².